The smallest absolute Gasteiger partial charge is 0.232 e. The van der Waals surface area contributed by atoms with Crippen molar-refractivity contribution in [1.29, 1.82) is 0 Å². The van der Waals surface area contributed by atoms with Gasteiger partial charge in [0, 0.05) is 17.1 Å². The van der Waals surface area contributed by atoms with Crippen molar-refractivity contribution >= 4 is 21.6 Å². The van der Waals surface area contributed by atoms with E-state index >= 15 is 0 Å². The fourth-order valence-corrected chi connectivity index (χ4v) is 3.42. The number of ether oxygens (including phenoxy) is 1. The highest BCUT2D eigenvalue weighted by atomic mass is 32.1. The van der Waals surface area contributed by atoms with E-state index in [2.05, 4.69) is 32.5 Å². The van der Waals surface area contributed by atoms with Crippen molar-refractivity contribution in [2.45, 2.75) is 6.92 Å². The molecule has 3 heterocycles. The summed E-state index contributed by atoms with van der Waals surface area (Å²) in [6, 6.07) is 13.9. The van der Waals surface area contributed by atoms with Crippen molar-refractivity contribution in [3.63, 3.8) is 0 Å². The van der Waals surface area contributed by atoms with Crippen LogP contribution in [0.1, 0.15) is 5.82 Å². The topological polar surface area (TPSA) is 47.9 Å². The van der Waals surface area contributed by atoms with E-state index in [1.807, 2.05) is 37.3 Å². The molecule has 0 aliphatic rings. The first-order valence-electron chi connectivity index (χ1n) is 7.20. The van der Waals surface area contributed by atoms with Crippen LogP contribution in [0.4, 0.5) is 0 Å². The van der Waals surface area contributed by atoms with Gasteiger partial charge in [-0.1, -0.05) is 30.3 Å². The third-order valence-corrected chi connectivity index (χ3v) is 4.32. The highest BCUT2D eigenvalue weighted by molar-refractivity contribution is 7.17. The van der Waals surface area contributed by atoms with E-state index in [0.29, 0.717) is 17.5 Å². The standard InChI is InChI=1S/C18H13N3OS/c1-12-20-17(22-14-8-5-9-19-10-14)16-15(11-23-18(16)21-12)13-6-3-2-4-7-13/h2-11H,1H3. The molecule has 0 saturated carbocycles. The Hall–Kier alpha value is -2.79. The summed E-state index contributed by atoms with van der Waals surface area (Å²) in [4.78, 5) is 14.0. The Labute approximate surface area is 137 Å². The Morgan fingerprint density at radius 3 is 2.65 bits per heavy atom. The van der Waals surface area contributed by atoms with Crippen LogP contribution in [-0.4, -0.2) is 15.0 Å². The van der Waals surface area contributed by atoms with Crippen LogP contribution < -0.4 is 4.74 Å². The predicted molar refractivity (Wildman–Crippen MR) is 91.9 cm³/mol. The van der Waals surface area contributed by atoms with E-state index in [1.54, 1.807) is 23.7 Å². The maximum atomic E-state index is 5.99. The molecular weight excluding hydrogens is 306 g/mol. The monoisotopic (exact) mass is 319 g/mol. The number of rotatable bonds is 3. The lowest BCUT2D eigenvalue weighted by molar-refractivity contribution is 0.465. The molecule has 0 amide bonds. The van der Waals surface area contributed by atoms with Crippen LogP contribution in [0.15, 0.2) is 60.2 Å². The molecule has 0 atom stereocenters. The molecule has 5 heteroatoms. The molecule has 112 valence electrons. The Kier molecular flexibility index (Phi) is 3.48. The number of fused-ring (bicyclic) bond motifs is 1. The average molecular weight is 319 g/mol. The molecule has 0 N–H and O–H groups in total. The van der Waals surface area contributed by atoms with E-state index in [1.165, 1.54) is 0 Å². The zero-order chi connectivity index (χ0) is 15.6. The molecule has 0 bridgehead atoms. The summed E-state index contributed by atoms with van der Waals surface area (Å²) in [5, 5.41) is 3.04. The van der Waals surface area contributed by atoms with Gasteiger partial charge in [0.05, 0.1) is 11.6 Å². The number of aryl methyl sites for hydroxylation is 1. The second-order valence-electron chi connectivity index (χ2n) is 5.06. The lowest BCUT2D eigenvalue weighted by atomic mass is 10.1. The van der Waals surface area contributed by atoms with Gasteiger partial charge in [0.2, 0.25) is 5.88 Å². The molecule has 23 heavy (non-hydrogen) atoms. The van der Waals surface area contributed by atoms with Crippen molar-refractivity contribution in [1.82, 2.24) is 15.0 Å². The van der Waals surface area contributed by atoms with Crippen LogP contribution in [0.3, 0.4) is 0 Å². The molecule has 0 unspecified atom stereocenters. The molecular formula is C18H13N3OS. The van der Waals surface area contributed by atoms with Crippen LogP contribution in [0.25, 0.3) is 21.3 Å². The maximum absolute atomic E-state index is 5.99. The molecule has 0 fully saturated rings. The number of aromatic nitrogens is 3. The van der Waals surface area contributed by atoms with Crippen molar-refractivity contribution in [3.05, 3.63) is 66.1 Å². The second kappa shape index (κ2) is 5.78. The summed E-state index contributed by atoms with van der Waals surface area (Å²) in [5.41, 5.74) is 2.21. The number of hydrogen-bond donors (Lipinski definition) is 0. The predicted octanol–water partition coefficient (Wildman–Crippen LogP) is 4.85. The molecule has 4 aromatic rings. The van der Waals surface area contributed by atoms with Gasteiger partial charge in [0.25, 0.3) is 0 Å². The Morgan fingerprint density at radius 1 is 1.00 bits per heavy atom. The summed E-state index contributed by atoms with van der Waals surface area (Å²) < 4.78 is 5.99. The van der Waals surface area contributed by atoms with Gasteiger partial charge in [-0.05, 0) is 24.6 Å². The second-order valence-corrected chi connectivity index (χ2v) is 5.92. The molecule has 3 aromatic heterocycles. The van der Waals surface area contributed by atoms with Gasteiger partial charge >= 0.3 is 0 Å². The van der Waals surface area contributed by atoms with Gasteiger partial charge < -0.3 is 4.74 Å². The Morgan fingerprint density at radius 2 is 1.87 bits per heavy atom. The highest BCUT2D eigenvalue weighted by Crippen LogP contribution is 2.39. The lowest BCUT2D eigenvalue weighted by Gasteiger charge is -2.08. The molecule has 0 aliphatic carbocycles. The molecule has 1 aromatic carbocycles. The zero-order valence-electron chi connectivity index (χ0n) is 12.4. The Balaban J connectivity index is 1.90. The minimum atomic E-state index is 0.570. The molecule has 0 radical (unpaired) electrons. The lowest BCUT2D eigenvalue weighted by Crippen LogP contribution is -1.94. The van der Waals surface area contributed by atoms with Gasteiger partial charge in [-0.2, -0.15) is 4.98 Å². The number of benzene rings is 1. The van der Waals surface area contributed by atoms with Crippen LogP contribution >= 0.6 is 11.3 Å². The van der Waals surface area contributed by atoms with Gasteiger partial charge in [-0.3, -0.25) is 4.98 Å². The minimum absolute atomic E-state index is 0.570. The Bertz CT molecular complexity index is 952. The maximum Gasteiger partial charge on any atom is 0.232 e. The van der Waals surface area contributed by atoms with E-state index in [0.717, 1.165) is 21.3 Å². The largest absolute Gasteiger partial charge is 0.437 e. The first-order valence-corrected chi connectivity index (χ1v) is 8.08. The first kappa shape index (κ1) is 13.8. The number of hydrogen-bond acceptors (Lipinski definition) is 5. The molecule has 4 rings (SSSR count). The zero-order valence-corrected chi connectivity index (χ0v) is 13.2. The summed E-state index contributed by atoms with van der Waals surface area (Å²) >= 11 is 1.60. The minimum Gasteiger partial charge on any atom is -0.437 e. The SMILES string of the molecule is Cc1nc(Oc2cccnc2)c2c(-c3ccccc3)csc2n1. The van der Waals surface area contributed by atoms with E-state index in [-0.39, 0.29) is 0 Å². The summed E-state index contributed by atoms with van der Waals surface area (Å²) in [7, 11) is 0. The number of thiophene rings is 1. The first-order chi connectivity index (χ1) is 11.3. The quantitative estimate of drug-likeness (QED) is 0.541. The van der Waals surface area contributed by atoms with Crippen molar-refractivity contribution in [2.75, 3.05) is 0 Å². The summed E-state index contributed by atoms with van der Waals surface area (Å²) in [6.45, 7) is 1.87. The normalized spacial score (nSPS) is 10.8. The van der Waals surface area contributed by atoms with Gasteiger partial charge in [-0.25, -0.2) is 4.98 Å². The fourth-order valence-electron chi connectivity index (χ4n) is 2.43. The van der Waals surface area contributed by atoms with Crippen molar-refractivity contribution in [2.24, 2.45) is 0 Å². The third-order valence-electron chi connectivity index (χ3n) is 3.45. The molecule has 4 nitrogen and oxygen atoms in total. The summed E-state index contributed by atoms with van der Waals surface area (Å²) in [6.07, 6.45) is 3.39. The number of nitrogens with zero attached hydrogens (tertiary/aromatic N) is 3. The van der Waals surface area contributed by atoms with Crippen LogP contribution in [0.5, 0.6) is 11.6 Å². The van der Waals surface area contributed by atoms with Crippen molar-refractivity contribution < 1.29 is 4.74 Å². The van der Waals surface area contributed by atoms with Gasteiger partial charge in [0.15, 0.2) is 0 Å². The fraction of sp³-hybridized carbons (Fsp3) is 0.0556. The molecule has 0 aliphatic heterocycles. The van der Waals surface area contributed by atoms with Crippen molar-refractivity contribution in [3.8, 4) is 22.8 Å². The van der Waals surface area contributed by atoms with Crippen LogP contribution in [0, 0.1) is 6.92 Å². The molecule has 0 spiro atoms. The van der Waals surface area contributed by atoms with Gasteiger partial charge in [-0.15, -0.1) is 11.3 Å². The number of pyridine rings is 1. The van der Waals surface area contributed by atoms with Crippen LogP contribution in [-0.2, 0) is 0 Å². The van der Waals surface area contributed by atoms with E-state index in [4.69, 9.17) is 4.74 Å². The van der Waals surface area contributed by atoms with Crippen LogP contribution in [0.2, 0.25) is 0 Å². The van der Waals surface area contributed by atoms with Gasteiger partial charge in [0.1, 0.15) is 16.4 Å². The van der Waals surface area contributed by atoms with E-state index in [9.17, 15) is 0 Å². The average Bonchev–Trinajstić information content (AvgIpc) is 3.00. The third kappa shape index (κ3) is 2.66. The summed E-state index contributed by atoms with van der Waals surface area (Å²) in [5.74, 6) is 1.93. The van der Waals surface area contributed by atoms with E-state index < -0.39 is 0 Å². The highest BCUT2D eigenvalue weighted by Gasteiger charge is 2.16. The molecule has 0 saturated heterocycles.